The number of furan rings is 1. The molecule has 2 heterocycles. The molecule has 4 N–H and O–H groups in total. The van der Waals surface area contributed by atoms with E-state index < -0.39 is 17.9 Å². The zero-order chi connectivity index (χ0) is 20.4. The molecule has 0 saturated heterocycles. The van der Waals surface area contributed by atoms with Gasteiger partial charge in [-0.3, -0.25) is 4.79 Å². The van der Waals surface area contributed by atoms with E-state index in [0.29, 0.717) is 5.39 Å². The third-order valence-electron chi connectivity index (χ3n) is 3.91. The van der Waals surface area contributed by atoms with E-state index in [2.05, 4.69) is 15.3 Å². The summed E-state index contributed by atoms with van der Waals surface area (Å²) < 4.78 is 5.66. The van der Waals surface area contributed by atoms with Crippen molar-refractivity contribution in [3.63, 3.8) is 0 Å². The van der Waals surface area contributed by atoms with Crippen molar-refractivity contribution in [3.05, 3.63) is 64.0 Å². The van der Waals surface area contributed by atoms with Gasteiger partial charge < -0.3 is 20.6 Å². The summed E-state index contributed by atoms with van der Waals surface area (Å²) >= 11 is 12.3. The third kappa shape index (κ3) is 3.64. The van der Waals surface area contributed by atoms with Crippen molar-refractivity contribution in [2.45, 2.75) is 13.0 Å². The Labute approximate surface area is 169 Å². The topological polar surface area (TPSA) is 131 Å². The van der Waals surface area contributed by atoms with Crippen LogP contribution < -0.4 is 11.1 Å². The summed E-state index contributed by atoms with van der Waals surface area (Å²) in [5.74, 6) is -1.42. The SMILES string of the molecule is C[C@H](NC(=O)/C(=C/N)c1ncccn1)c1oc2c(C(=O)O)cc(Cl)cc2c1Cl. The lowest BCUT2D eigenvalue weighted by Crippen LogP contribution is -2.28. The first kappa shape index (κ1) is 19.7. The summed E-state index contributed by atoms with van der Waals surface area (Å²) in [6.07, 6.45) is 4.06. The summed E-state index contributed by atoms with van der Waals surface area (Å²) in [7, 11) is 0. The molecule has 0 unspecified atom stereocenters. The quantitative estimate of drug-likeness (QED) is 0.538. The Kier molecular flexibility index (Phi) is 5.53. The minimum absolute atomic E-state index is 0.0638. The number of nitrogens with two attached hydrogens (primary N) is 1. The summed E-state index contributed by atoms with van der Waals surface area (Å²) in [6, 6.07) is 3.67. The second-order valence-electron chi connectivity index (χ2n) is 5.76. The predicted octanol–water partition coefficient (Wildman–Crippen LogP) is 3.40. The van der Waals surface area contributed by atoms with E-state index in [-0.39, 0.29) is 38.3 Å². The normalized spacial score (nSPS) is 12.8. The van der Waals surface area contributed by atoms with Gasteiger partial charge in [0.15, 0.2) is 11.4 Å². The highest BCUT2D eigenvalue weighted by atomic mass is 35.5. The lowest BCUT2D eigenvalue weighted by molar-refractivity contribution is -0.116. The van der Waals surface area contributed by atoms with Gasteiger partial charge in [-0.25, -0.2) is 14.8 Å². The number of carbonyl (C=O) groups excluding carboxylic acids is 1. The molecular weight excluding hydrogens is 407 g/mol. The van der Waals surface area contributed by atoms with Crippen LogP contribution >= 0.6 is 23.2 Å². The summed E-state index contributed by atoms with van der Waals surface area (Å²) in [6.45, 7) is 1.63. The maximum Gasteiger partial charge on any atom is 0.339 e. The average Bonchev–Trinajstić information content (AvgIpc) is 2.99. The Morgan fingerprint density at radius 2 is 1.96 bits per heavy atom. The number of amides is 1. The van der Waals surface area contributed by atoms with Crippen molar-refractivity contribution in [1.82, 2.24) is 15.3 Å². The molecule has 0 aliphatic rings. The average molecular weight is 421 g/mol. The van der Waals surface area contributed by atoms with Gasteiger partial charge >= 0.3 is 5.97 Å². The molecule has 28 heavy (non-hydrogen) atoms. The Bertz CT molecular complexity index is 1100. The van der Waals surface area contributed by atoms with Gasteiger partial charge in [0.2, 0.25) is 0 Å². The van der Waals surface area contributed by atoms with Crippen molar-refractivity contribution in [1.29, 1.82) is 0 Å². The number of carboxylic acids is 1. The Balaban J connectivity index is 1.94. The molecule has 1 amide bonds. The van der Waals surface area contributed by atoms with E-state index in [9.17, 15) is 14.7 Å². The monoisotopic (exact) mass is 420 g/mol. The molecule has 0 saturated carbocycles. The zero-order valence-corrected chi connectivity index (χ0v) is 16.0. The predicted molar refractivity (Wildman–Crippen MR) is 104 cm³/mol. The fraction of sp³-hybridized carbons (Fsp3) is 0.111. The van der Waals surface area contributed by atoms with Gasteiger partial charge in [0.25, 0.3) is 5.91 Å². The van der Waals surface area contributed by atoms with E-state index in [4.69, 9.17) is 33.4 Å². The number of nitrogens with zero attached hydrogens (tertiary/aromatic N) is 2. The van der Waals surface area contributed by atoms with Crippen LogP contribution in [0.3, 0.4) is 0 Å². The number of aromatic nitrogens is 2. The number of nitrogens with one attached hydrogen (secondary N) is 1. The van der Waals surface area contributed by atoms with Crippen LogP contribution in [0.1, 0.15) is 34.9 Å². The molecule has 0 spiro atoms. The number of hydrogen-bond donors (Lipinski definition) is 3. The van der Waals surface area contributed by atoms with Gasteiger partial charge in [-0.2, -0.15) is 0 Å². The smallest absolute Gasteiger partial charge is 0.339 e. The van der Waals surface area contributed by atoms with Crippen molar-refractivity contribution >= 4 is 51.6 Å². The number of aromatic carboxylic acids is 1. The number of carboxylic acid groups (broad SMARTS) is 1. The molecular formula is C18H14Cl2N4O4. The Morgan fingerprint density at radius 3 is 2.57 bits per heavy atom. The molecule has 10 heteroatoms. The maximum absolute atomic E-state index is 12.6. The molecule has 1 aromatic carbocycles. The lowest BCUT2D eigenvalue weighted by Gasteiger charge is -2.13. The fourth-order valence-electron chi connectivity index (χ4n) is 2.62. The molecule has 3 rings (SSSR count). The molecule has 0 bridgehead atoms. The second kappa shape index (κ2) is 7.87. The first-order chi connectivity index (χ1) is 13.3. The van der Waals surface area contributed by atoms with Gasteiger partial charge in [0.05, 0.1) is 16.6 Å². The molecule has 2 aromatic heterocycles. The van der Waals surface area contributed by atoms with Gasteiger partial charge in [-0.1, -0.05) is 23.2 Å². The Morgan fingerprint density at radius 1 is 1.29 bits per heavy atom. The van der Waals surface area contributed by atoms with E-state index >= 15 is 0 Å². The summed E-state index contributed by atoms with van der Waals surface area (Å²) in [4.78, 5) is 32.0. The lowest BCUT2D eigenvalue weighted by atomic mass is 10.1. The van der Waals surface area contributed by atoms with Crippen LogP contribution in [-0.2, 0) is 4.79 Å². The summed E-state index contributed by atoms with van der Waals surface area (Å²) in [5.41, 5.74) is 5.55. The van der Waals surface area contributed by atoms with Crippen LogP contribution in [0.25, 0.3) is 16.5 Å². The van der Waals surface area contributed by atoms with Crippen molar-refractivity contribution < 1.29 is 19.1 Å². The maximum atomic E-state index is 12.6. The van der Waals surface area contributed by atoms with Crippen LogP contribution in [0.4, 0.5) is 0 Å². The van der Waals surface area contributed by atoms with Crippen LogP contribution in [-0.4, -0.2) is 27.0 Å². The molecule has 144 valence electrons. The minimum Gasteiger partial charge on any atom is -0.478 e. The molecule has 0 radical (unpaired) electrons. The molecule has 3 aromatic rings. The number of rotatable bonds is 5. The van der Waals surface area contributed by atoms with Crippen LogP contribution in [0.2, 0.25) is 10.0 Å². The second-order valence-corrected chi connectivity index (χ2v) is 6.58. The highest BCUT2D eigenvalue weighted by Crippen LogP contribution is 2.37. The van der Waals surface area contributed by atoms with Gasteiger partial charge in [-0.15, -0.1) is 0 Å². The van der Waals surface area contributed by atoms with Crippen molar-refractivity contribution in [3.8, 4) is 0 Å². The summed E-state index contributed by atoms with van der Waals surface area (Å²) in [5, 5.41) is 12.7. The molecule has 0 aliphatic carbocycles. The highest BCUT2D eigenvalue weighted by molar-refractivity contribution is 6.38. The first-order valence-corrected chi connectivity index (χ1v) is 8.74. The fourth-order valence-corrected chi connectivity index (χ4v) is 3.18. The van der Waals surface area contributed by atoms with E-state index in [1.54, 1.807) is 13.0 Å². The van der Waals surface area contributed by atoms with E-state index in [1.165, 1.54) is 24.5 Å². The van der Waals surface area contributed by atoms with Gasteiger partial charge in [-0.05, 0) is 25.1 Å². The number of carbonyl (C=O) groups is 2. The first-order valence-electron chi connectivity index (χ1n) is 7.98. The molecule has 0 aliphatic heterocycles. The minimum atomic E-state index is -1.21. The van der Waals surface area contributed by atoms with Crippen LogP contribution in [0, 0.1) is 0 Å². The van der Waals surface area contributed by atoms with Crippen molar-refractivity contribution in [2.24, 2.45) is 5.73 Å². The largest absolute Gasteiger partial charge is 0.478 e. The number of halogens is 2. The number of hydrogen-bond acceptors (Lipinski definition) is 6. The standard InChI is InChI=1S/C18H14Cl2N4O4/c1-8(24-17(25)12(7-21)16-22-3-2-4-23-16)14-13(20)10-5-9(19)6-11(18(26)27)15(10)28-14/h2-8H,21H2,1H3,(H,24,25)(H,26,27)/b12-7+/t8-/m0/s1. The van der Waals surface area contributed by atoms with Gasteiger partial charge in [0.1, 0.15) is 11.3 Å². The van der Waals surface area contributed by atoms with Crippen LogP contribution in [0.15, 0.2) is 41.2 Å². The molecule has 0 fully saturated rings. The van der Waals surface area contributed by atoms with E-state index in [0.717, 1.165) is 6.20 Å². The number of fused-ring (bicyclic) bond motifs is 1. The molecule has 8 nitrogen and oxygen atoms in total. The molecule has 1 atom stereocenters. The van der Waals surface area contributed by atoms with Crippen molar-refractivity contribution in [2.75, 3.05) is 0 Å². The number of benzene rings is 1. The zero-order valence-electron chi connectivity index (χ0n) is 14.4. The van der Waals surface area contributed by atoms with Gasteiger partial charge in [0, 0.05) is 29.0 Å². The van der Waals surface area contributed by atoms with E-state index in [1.807, 2.05) is 0 Å². The Hall–Kier alpha value is -3.10. The van der Waals surface area contributed by atoms with Crippen LogP contribution in [0.5, 0.6) is 0 Å². The highest BCUT2D eigenvalue weighted by Gasteiger charge is 2.25. The third-order valence-corrected chi connectivity index (χ3v) is 4.52.